The van der Waals surface area contributed by atoms with Crippen LogP contribution in [0.2, 0.25) is 0 Å². The Labute approximate surface area is 165 Å². The number of halogens is 1. The molecule has 2 heterocycles. The van der Waals surface area contributed by atoms with Crippen molar-refractivity contribution in [3.05, 3.63) is 83.4 Å². The highest BCUT2D eigenvalue weighted by molar-refractivity contribution is 7.99. The molecule has 140 valence electrons. The first kappa shape index (κ1) is 18.2. The maximum absolute atomic E-state index is 14.1. The summed E-state index contributed by atoms with van der Waals surface area (Å²) in [5.74, 6) is -1.08. The van der Waals surface area contributed by atoms with Crippen LogP contribution in [0.1, 0.15) is 26.4 Å². The number of nitrogens with one attached hydrogen (secondary N) is 2. The number of hydrogen-bond donors (Lipinski definition) is 2. The van der Waals surface area contributed by atoms with E-state index in [1.807, 2.05) is 18.2 Å². The number of benzene rings is 2. The Hall–Kier alpha value is -3.19. The van der Waals surface area contributed by atoms with E-state index in [9.17, 15) is 14.0 Å². The van der Waals surface area contributed by atoms with E-state index in [1.54, 1.807) is 30.5 Å². The molecule has 0 bridgehead atoms. The number of carbonyl (C=O) groups excluding carboxylic acids is 2. The second kappa shape index (κ2) is 7.82. The number of aromatic nitrogens is 1. The second-order valence-electron chi connectivity index (χ2n) is 6.21. The number of hydrogen-bond acceptors (Lipinski definition) is 4. The lowest BCUT2D eigenvalue weighted by Gasteiger charge is -2.10. The summed E-state index contributed by atoms with van der Waals surface area (Å²) in [6, 6.07) is 15.1. The molecule has 1 aliphatic heterocycles. The number of rotatable bonds is 4. The van der Waals surface area contributed by atoms with E-state index in [4.69, 9.17) is 0 Å². The average molecular weight is 393 g/mol. The van der Waals surface area contributed by atoms with Crippen LogP contribution in [0.5, 0.6) is 0 Å². The van der Waals surface area contributed by atoms with Gasteiger partial charge in [0.15, 0.2) is 0 Å². The van der Waals surface area contributed by atoms with Crippen molar-refractivity contribution in [2.75, 3.05) is 11.9 Å². The van der Waals surface area contributed by atoms with Gasteiger partial charge in [-0.1, -0.05) is 23.9 Å². The third kappa shape index (κ3) is 3.75. The number of fused-ring (bicyclic) bond motifs is 2. The molecule has 2 N–H and O–H groups in total. The summed E-state index contributed by atoms with van der Waals surface area (Å²) in [6.45, 7) is 0.449. The first-order valence-electron chi connectivity index (χ1n) is 8.72. The molecule has 3 aromatic rings. The van der Waals surface area contributed by atoms with Gasteiger partial charge in [0.2, 0.25) is 0 Å². The summed E-state index contributed by atoms with van der Waals surface area (Å²) in [5.41, 5.74) is 2.09. The fraction of sp³-hybridized carbons (Fsp3) is 0.0952. The number of pyridine rings is 1. The number of nitrogens with zero attached hydrogens (tertiary/aromatic N) is 1. The van der Waals surface area contributed by atoms with E-state index in [0.29, 0.717) is 29.1 Å². The SMILES string of the molecule is O=C(NCCc1ccccn1)c1ccc2c(c1)NC(=O)c1cccc(F)c1S2. The highest BCUT2D eigenvalue weighted by Crippen LogP contribution is 2.40. The molecule has 2 amide bonds. The highest BCUT2D eigenvalue weighted by atomic mass is 32.2. The van der Waals surface area contributed by atoms with Gasteiger partial charge in [-0.25, -0.2) is 4.39 Å². The van der Waals surface area contributed by atoms with Crippen molar-refractivity contribution in [3.8, 4) is 0 Å². The first-order valence-corrected chi connectivity index (χ1v) is 9.53. The third-order valence-electron chi connectivity index (χ3n) is 4.31. The maximum Gasteiger partial charge on any atom is 0.256 e. The minimum absolute atomic E-state index is 0.245. The van der Waals surface area contributed by atoms with Crippen LogP contribution < -0.4 is 10.6 Å². The lowest BCUT2D eigenvalue weighted by atomic mass is 10.1. The molecule has 1 aromatic heterocycles. The molecular weight excluding hydrogens is 377 g/mol. The predicted molar refractivity (Wildman–Crippen MR) is 105 cm³/mol. The summed E-state index contributed by atoms with van der Waals surface area (Å²) < 4.78 is 14.1. The Morgan fingerprint density at radius 2 is 2.04 bits per heavy atom. The Balaban J connectivity index is 1.50. The molecule has 0 atom stereocenters. The minimum Gasteiger partial charge on any atom is -0.352 e. The summed E-state index contributed by atoms with van der Waals surface area (Å²) in [7, 11) is 0. The Morgan fingerprint density at radius 3 is 2.86 bits per heavy atom. The van der Waals surface area contributed by atoms with Crippen LogP contribution in [-0.2, 0) is 6.42 Å². The molecule has 4 rings (SSSR count). The smallest absolute Gasteiger partial charge is 0.256 e. The van der Waals surface area contributed by atoms with E-state index in [-0.39, 0.29) is 16.4 Å². The summed E-state index contributed by atoms with van der Waals surface area (Å²) in [6.07, 6.45) is 2.34. The van der Waals surface area contributed by atoms with Gasteiger partial charge >= 0.3 is 0 Å². The molecule has 7 heteroatoms. The predicted octanol–water partition coefficient (Wildman–Crippen LogP) is 3.91. The lowest BCUT2D eigenvalue weighted by molar-refractivity contribution is 0.0952. The van der Waals surface area contributed by atoms with E-state index in [0.717, 1.165) is 5.69 Å². The van der Waals surface area contributed by atoms with Crippen LogP contribution in [-0.4, -0.2) is 23.3 Å². The van der Waals surface area contributed by atoms with E-state index >= 15 is 0 Å². The Kier molecular flexibility index (Phi) is 5.08. The molecule has 1 aliphatic rings. The number of amides is 2. The topological polar surface area (TPSA) is 71.1 Å². The zero-order valence-electron chi connectivity index (χ0n) is 14.7. The van der Waals surface area contributed by atoms with Crippen molar-refractivity contribution in [3.63, 3.8) is 0 Å². The summed E-state index contributed by atoms with van der Waals surface area (Å²) in [4.78, 5) is 30.1. The number of carbonyl (C=O) groups is 2. The van der Waals surface area contributed by atoms with E-state index < -0.39 is 11.7 Å². The van der Waals surface area contributed by atoms with Crippen LogP contribution in [0.15, 0.2) is 70.6 Å². The van der Waals surface area contributed by atoms with Gasteiger partial charge in [0.05, 0.1) is 16.1 Å². The maximum atomic E-state index is 14.1. The van der Waals surface area contributed by atoms with E-state index in [1.165, 1.54) is 23.9 Å². The third-order valence-corrected chi connectivity index (χ3v) is 5.50. The van der Waals surface area contributed by atoms with Crippen molar-refractivity contribution >= 4 is 29.3 Å². The van der Waals surface area contributed by atoms with Crippen molar-refractivity contribution in [2.24, 2.45) is 0 Å². The normalized spacial score (nSPS) is 12.4. The van der Waals surface area contributed by atoms with Crippen LogP contribution in [0.3, 0.4) is 0 Å². The molecule has 5 nitrogen and oxygen atoms in total. The monoisotopic (exact) mass is 393 g/mol. The van der Waals surface area contributed by atoms with Crippen LogP contribution in [0.25, 0.3) is 0 Å². The molecule has 2 aromatic carbocycles. The standard InChI is InChI=1S/C21H16FN3O2S/c22-16-6-3-5-15-19(16)28-18-8-7-13(12-17(18)25-21(15)27)20(26)24-11-9-14-4-1-2-10-23-14/h1-8,10,12H,9,11H2,(H,24,26)(H,25,27). The second-order valence-corrected chi connectivity index (χ2v) is 7.26. The fourth-order valence-electron chi connectivity index (χ4n) is 2.90. The molecule has 0 spiro atoms. The van der Waals surface area contributed by atoms with Crippen LogP contribution >= 0.6 is 11.8 Å². The Bertz CT molecular complexity index is 1060. The van der Waals surface area contributed by atoms with Crippen LogP contribution in [0.4, 0.5) is 10.1 Å². The van der Waals surface area contributed by atoms with Gasteiger partial charge in [-0.15, -0.1) is 0 Å². The zero-order valence-corrected chi connectivity index (χ0v) is 15.6. The van der Waals surface area contributed by atoms with Gasteiger partial charge in [-0.3, -0.25) is 14.6 Å². The lowest BCUT2D eigenvalue weighted by Crippen LogP contribution is -2.26. The number of anilines is 1. The van der Waals surface area contributed by atoms with Gasteiger partial charge in [0, 0.05) is 35.3 Å². The van der Waals surface area contributed by atoms with Crippen molar-refractivity contribution in [1.82, 2.24) is 10.3 Å². The van der Waals surface area contributed by atoms with Crippen molar-refractivity contribution in [1.29, 1.82) is 0 Å². The molecule has 0 radical (unpaired) electrons. The summed E-state index contributed by atoms with van der Waals surface area (Å²) in [5, 5.41) is 5.62. The van der Waals surface area contributed by atoms with Crippen molar-refractivity contribution in [2.45, 2.75) is 16.2 Å². The van der Waals surface area contributed by atoms with Gasteiger partial charge in [0.25, 0.3) is 11.8 Å². The Morgan fingerprint density at radius 1 is 1.14 bits per heavy atom. The quantitative estimate of drug-likeness (QED) is 0.705. The molecule has 0 fully saturated rings. The average Bonchev–Trinajstić information content (AvgIpc) is 2.85. The fourth-order valence-corrected chi connectivity index (χ4v) is 3.91. The molecule has 0 saturated heterocycles. The minimum atomic E-state index is -0.443. The molecule has 0 aliphatic carbocycles. The van der Waals surface area contributed by atoms with Crippen LogP contribution in [0, 0.1) is 5.82 Å². The molecular formula is C21H16FN3O2S. The highest BCUT2D eigenvalue weighted by Gasteiger charge is 2.23. The molecule has 28 heavy (non-hydrogen) atoms. The molecule has 0 saturated carbocycles. The summed E-state index contributed by atoms with van der Waals surface area (Å²) >= 11 is 1.17. The zero-order chi connectivity index (χ0) is 19.5. The van der Waals surface area contributed by atoms with Crippen molar-refractivity contribution < 1.29 is 14.0 Å². The molecule has 0 unspecified atom stereocenters. The van der Waals surface area contributed by atoms with Gasteiger partial charge in [0.1, 0.15) is 5.82 Å². The first-order chi connectivity index (χ1) is 13.6. The van der Waals surface area contributed by atoms with Gasteiger partial charge < -0.3 is 10.6 Å². The van der Waals surface area contributed by atoms with Gasteiger partial charge in [-0.2, -0.15) is 0 Å². The largest absolute Gasteiger partial charge is 0.352 e. The van der Waals surface area contributed by atoms with Gasteiger partial charge in [-0.05, 0) is 42.5 Å². The van der Waals surface area contributed by atoms with E-state index in [2.05, 4.69) is 15.6 Å².